The molecule has 2 aromatic carbocycles. The normalized spacial score (nSPS) is 16.0. The second kappa shape index (κ2) is 7.31. The average Bonchev–Trinajstić information content (AvgIpc) is 3.06. The summed E-state index contributed by atoms with van der Waals surface area (Å²) in [5.74, 6) is -2.10. The SMILES string of the molecule is O=C(NC1CCCc2c1cnn2Cc1ccccc1)c1ccc(F)cc1F. The van der Waals surface area contributed by atoms with Crippen molar-refractivity contribution >= 4 is 5.91 Å². The van der Waals surface area contributed by atoms with E-state index in [9.17, 15) is 13.6 Å². The molecule has 1 aliphatic carbocycles. The number of hydrogen-bond donors (Lipinski definition) is 1. The Hall–Kier alpha value is -3.02. The average molecular weight is 367 g/mol. The van der Waals surface area contributed by atoms with Gasteiger partial charge in [0.05, 0.1) is 24.3 Å². The predicted octanol–water partition coefficient (Wildman–Crippen LogP) is 4.02. The molecule has 1 aliphatic rings. The molecule has 27 heavy (non-hydrogen) atoms. The number of nitrogens with zero attached hydrogens (tertiary/aromatic N) is 2. The van der Waals surface area contributed by atoms with Crippen LogP contribution in [-0.2, 0) is 13.0 Å². The van der Waals surface area contributed by atoms with Crippen molar-refractivity contribution in [1.82, 2.24) is 15.1 Å². The Morgan fingerprint density at radius 2 is 2.00 bits per heavy atom. The highest BCUT2D eigenvalue weighted by Gasteiger charge is 2.26. The maximum atomic E-state index is 13.9. The molecule has 0 saturated carbocycles. The summed E-state index contributed by atoms with van der Waals surface area (Å²) >= 11 is 0. The Balaban J connectivity index is 1.54. The number of halogens is 2. The Labute approximate surface area is 155 Å². The molecule has 0 saturated heterocycles. The number of fused-ring (bicyclic) bond motifs is 1. The third-order valence-corrected chi connectivity index (χ3v) is 4.92. The van der Waals surface area contributed by atoms with Gasteiger partial charge in [0, 0.05) is 17.3 Å². The van der Waals surface area contributed by atoms with Crippen LogP contribution in [0.1, 0.15) is 46.1 Å². The quantitative estimate of drug-likeness (QED) is 0.757. The highest BCUT2D eigenvalue weighted by atomic mass is 19.1. The molecule has 0 fully saturated rings. The van der Waals surface area contributed by atoms with Gasteiger partial charge in [-0.1, -0.05) is 30.3 Å². The second-order valence-electron chi connectivity index (χ2n) is 6.73. The molecule has 4 nitrogen and oxygen atoms in total. The van der Waals surface area contributed by atoms with Gasteiger partial charge >= 0.3 is 0 Å². The molecule has 4 rings (SSSR count). The lowest BCUT2D eigenvalue weighted by Crippen LogP contribution is -2.31. The number of hydrogen-bond acceptors (Lipinski definition) is 2. The number of carbonyl (C=O) groups is 1. The molecular weight excluding hydrogens is 348 g/mol. The first kappa shape index (κ1) is 17.4. The lowest BCUT2D eigenvalue weighted by molar-refractivity contribution is 0.0928. The van der Waals surface area contributed by atoms with Crippen LogP contribution in [0.15, 0.2) is 54.7 Å². The number of benzene rings is 2. The van der Waals surface area contributed by atoms with Gasteiger partial charge in [-0.05, 0) is 37.0 Å². The highest BCUT2D eigenvalue weighted by molar-refractivity contribution is 5.94. The molecule has 1 atom stereocenters. The van der Waals surface area contributed by atoms with Crippen LogP contribution in [0.4, 0.5) is 8.78 Å². The zero-order chi connectivity index (χ0) is 18.8. The first-order valence-corrected chi connectivity index (χ1v) is 8.96. The van der Waals surface area contributed by atoms with E-state index < -0.39 is 17.5 Å². The summed E-state index contributed by atoms with van der Waals surface area (Å²) in [5, 5.41) is 7.37. The maximum Gasteiger partial charge on any atom is 0.254 e. The molecule has 1 heterocycles. The van der Waals surface area contributed by atoms with Crippen LogP contribution in [0.25, 0.3) is 0 Å². The van der Waals surface area contributed by atoms with Crippen molar-refractivity contribution in [1.29, 1.82) is 0 Å². The van der Waals surface area contributed by atoms with Crippen LogP contribution in [0, 0.1) is 11.6 Å². The van der Waals surface area contributed by atoms with E-state index in [4.69, 9.17) is 0 Å². The summed E-state index contributed by atoms with van der Waals surface area (Å²) in [6.45, 7) is 0.670. The molecule has 1 N–H and O–H groups in total. The van der Waals surface area contributed by atoms with E-state index >= 15 is 0 Å². The Bertz CT molecular complexity index is 969. The highest BCUT2D eigenvalue weighted by Crippen LogP contribution is 2.30. The summed E-state index contributed by atoms with van der Waals surface area (Å²) in [5.41, 5.74) is 3.06. The summed E-state index contributed by atoms with van der Waals surface area (Å²) in [4.78, 5) is 12.5. The second-order valence-corrected chi connectivity index (χ2v) is 6.73. The van der Waals surface area contributed by atoms with Gasteiger partial charge in [-0.15, -0.1) is 0 Å². The number of carbonyl (C=O) groups excluding carboxylic acids is 1. The van der Waals surface area contributed by atoms with Gasteiger partial charge in [-0.3, -0.25) is 9.48 Å². The summed E-state index contributed by atoms with van der Waals surface area (Å²) in [6, 6.07) is 12.8. The summed E-state index contributed by atoms with van der Waals surface area (Å²) in [7, 11) is 0. The zero-order valence-electron chi connectivity index (χ0n) is 14.7. The minimum Gasteiger partial charge on any atom is -0.345 e. The minimum atomic E-state index is -0.858. The van der Waals surface area contributed by atoms with E-state index in [1.807, 2.05) is 35.0 Å². The lowest BCUT2D eigenvalue weighted by atomic mass is 9.92. The Kier molecular flexibility index (Phi) is 4.71. The fraction of sp³-hybridized carbons (Fsp3) is 0.238. The Morgan fingerprint density at radius 3 is 2.78 bits per heavy atom. The van der Waals surface area contributed by atoms with Crippen LogP contribution in [-0.4, -0.2) is 15.7 Å². The Morgan fingerprint density at radius 1 is 1.19 bits per heavy atom. The fourth-order valence-corrected chi connectivity index (χ4v) is 3.57. The minimum absolute atomic E-state index is 0.153. The van der Waals surface area contributed by atoms with Crippen molar-refractivity contribution < 1.29 is 13.6 Å². The van der Waals surface area contributed by atoms with Crippen molar-refractivity contribution in [2.75, 3.05) is 0 Å². The van der Waals surface area contributed by atoms with Crippen LogP contribution in [0.3, 0.4) is 0 Å². The number of nitrogens with one attached hydrogen (secondary N) is 1. The van der Waals surface area contributed by atoms with Crippen LogP contribution >= 0.6 is 0 Å². The van der Waals surface area contributed by atoms with Crippen molar-refractivity contribution in [3.63, 3.8) is 0 Å². The molecule has 138 valence electrons. The smallest absolute Gasteiger partial charge is 0.254 e. The molecule has 0 spiro atoms. The van der Waals surface area contributed by atoms with Gasteiger partial charge in [-0.2, -0.15) is 5.10 Å². The van der Waals surface area contributed by atoms with Crippen molar-refractivity contribution in [3.8, 4) is 0 Å². The van der Waals surface area contributed by atoms with Crippen LogP contribution in [0.2, 0.25) is 0 Å². The van der Waals surface area contributed by atoms with E-state index in [0.717, 1.165) is 48.2 Å². The molecule has 1 unspecified atom stereocenters. The maximum absolute atomic E-state index is 13.9. The first-order valence-electron chi connectivity index (χ1n) is 8.96. The van der Waals surface area contributed by atoms with Gasteiger partial charge in [0.15, 0.2) is 0 Å². The zero-order valence-corrected chi connectivity index (χ0v) is 14.7. The molecule has 6 heteroatoms. The number of aromatic nitrogens is 2. The molecule has 1 amide bonds. The molecular formula is C21H19F2N3O. The topological polar surface area (TPSA) is 46.9 Å². The molecule has 0 aliphatic heterocycles. The lowest BCUT2D eigenvalue weighted by Gasteiger charge is -2.24. The van der Waals surface area contributed by atoms with Gasteiger partial charge in [0.25, 0.3) is 5.91 Å². The number of rotatable bonds is 4. The first-order chi connectivity index (χ1) is 13.1. The molecule has 1 aromatic heterocycles. The third kappa shape index (κ3) is 3.60. The standard InChI is InChI=1S/C21H19F2N3O/c22-15-9-10-16(18(23)11-15)21(27)25-19-7-4-8-20-17(19)12-24-26(20)13-14-5-2-1-3-6-14/h1-3,5-6,9-12,19H,4,7-8,13H2,(H,25,27). The van der Waals surface area contributed by atoms with Crippen molar-refractivity contribution in [3.05, 3.63) is 88.7 Å². The predicted molar refractivity (Wildman–Crippen MR) is 97.3 cm³/mol. The number of amides is 1. The van der Waals surface area contributed by atoms with Gasteiger partial charge in [0.2, 0.25) is 0 Å². The molecule has 3 aromatic rings. The molecule has 0 bridgehead atoms. The van der Waals surface area contributed by atoms with Crippen LogP contribution in [0.5, 0.6) is 0 Å². The summed E-state index contributed by atoms with van der Waals surface area (Å²) in [6.07, 6.45) is 4.34. The fourth-order valence-electron chi connectivity index (χ4n) is 3.57. The van der Waals surface area contributed by atoms with E-state index in [1.54, 1.807) is 6.20 Å². The van der Waals surface area contributed by atoms with Gasteiger partial charge in [-0.25, -0.2) is 8.78 Å². The van der Waals surface area contributed by atoms with Crippen molar-refractivity contribution in [2.45, 2.75) is 31.8 Å². The monoisotopic (exact) mass is 367 g/mol. The van der Waals surface area contributed by atoms with Crippen LogP contribution < -0.4 is 5.32 Å². The largest absolute Gasteiger partial charge is 0.345 e. The van der Waals surface area contributed by atoms with Gasteiger partial charge in [0.1, 0.15) is 11.6 Å². The summed E-state index contributed by atoms with van der Waals surface area (Å²) < 4.78 is 28.9. The molecule has 0 radical (unpaired) electrons. The van der Waals surface area contributed by atoms with E-state index in [1.165, 1.54) is 6.07 Å². The van der Waals surface area contributed by atoms with E-state index in [0.29, 0.717) is 6.54 Å². The van der Waals surface area contributed by atoms with Crippen molar-refractivity contribution in [2.24, 2.45) is 0 Å². The van der Waals surface area contributed by atoms with E-state index in [-0.39, 0.29) is 11.6 Å². The van der Waals surface area contributed by atoms with Gasteiger partial charge < -0.3 is 5.32 Å². The van der Waals surface area contributed by atoms with E-state index in [2.05, 4.69) is 10.4 Å². The third-order valence-electron chi connectivity index (χ3n) is 4.92.